The number of para-hydroxylation sites is 1. The smallest absolute Gasteiger partial charge is 0.280 e. The summed E-state index contributed by atoms with van der Waals surface area (Å²) >= 11 is 1.42. The first-order valence-corrected chi connectivity index (χ1v) is 12.1. The van der Waals surface area contributed by atoms with E-state index in [0.29, 0.717) is 22.2 Å². The van der Waals surface area contributed by atoms with Crippen molar-refractivity contribution >= 4 is 38.8 Å². The van der Waals surface area contributed by atoms with Crippen LogP contribution in [0.2, 0.25) is 0 Å². The predicted molar refractivity (Wildman–Crippen MR) is 145 cm³/mol. The summed E-state index contributed by atoms with van der Waals surface area (Å²) in [5, 5.41) is 6.38. The molecule has 0 spiro atoms. The van der Waals surface area contributed by atoms with Crippen LogP contribution in [0.15, 0.2) is 102 Å². The Morgan fingerprint density at radius 1 is 0.889 bits per heavy atom. The Labute approximate surface area is 213 Å². The highest BCUT2D eigenvalue weighted by atomic mass is 32.1. The zero-order valence-corrected chi connectivity index (χ0v) is 20.6. The Kier molecular flexibility index (Phi) is 6.73. The SMILES string of the molecule is COc1ccc(/C=N/N(C(=O)c2cccc(Oc3ccccc3)c2)c2nc3ccc(C)cc3s2)cc1. The standard InChI is InChI=1S/C29H23N3O3S/c1-20-11-16-26-27(17-20)36-29(31-26)32(30-19-21-12-14-23(34-2)15-13-21)28(33)22-7-6-10-25(18-22)35-24-8-4-3-5-9-24/h3-19H,1-2H3/b30-19+. The Morgan fingerprint density at radius 2 is 1.67 bits per heavy atom. The molecule has 0 atom stereocenters. The average molecular weight is 494 g/mol. The maximum atomic E-state index is 13.7. The van der Waals surface area contributed by atoms with Crippen LogP contribution in [-0.4, -0.2) is 24.2 Å². The molecule has 0 aliphatic carbocycles. The van der Waals surface area contributed by atoms with E-state index in [1.54, 1.807) is 31.5 Å². The van der Waals surface area contributed by atoms with Crippen LogP contribution in [0.1, 0.15) is 21.5 Å². The van der Waals surface area contributed by atoms with E-state index in [1.165, 1.54) is 16.3 Å². The van der Waals surface area contributed by atoms with Crippen LogP contribution in [0.25, 0.3) is 10.2 Å². The number of hydrogen-bond acceptors (Lipinski definition) is 6. The second-order valence-corrected chi connectivity index (χ2v) is 9.05. The summed E-state index contributed by atoms with van der Waals surface area (Å²) in [6.45, 7) is 2.03. The molecule has 0 saturated carbocycles. The molecule has 0 unspecified atom stereocenters. The van der Waals surface area contributed by atoms with E-state index in [2.05, 4.69) is 16.2 Å². The lowest BCUT2D eigenvalue weighted by molar-refractivity contribution is 0.0987. The van der Waals surface area contributed by atoms with Crippen LogP contribution >= 0.6 is 11.3 Å². The number of aryl methyl sites for hydroxylation is 1. The first kappa shape index (κ1) is 23.3. The quantitative estimate of drug-likeness (QED) is 0.179. The minimum Gasteiger partial charge on any atom is -0.497 e. The van der Waals surface area contributed by atoms with Crippen molar-refractivity contribution in [3.05, 3.63) is 114 Å². The Balaban J connectivity index is 1.50. The average Bonchev–Trinajstić information content (AvgIpc) is 3.32. The van der Waals surface area contributed by atoms with E-state index in [1.807, 2.05) is 79.7 Å². The molecule has 0 N–H and O–H groups in total. The van der Waals surface area contributed by atoms with Crippen molar-refractivity contribution in [1.82, 2.24) is 4.98 Å². The number of carbonyl (C=O) groups is 1. The van der Waals surface area contributed by atoms with Gasteiger partial charge in [0.2, 0.25) is 5.13 Å². The molecule has 0 radical (unpaired) electrons. The van der Waals surface area contributed by atoms with Crippen molar-refractivity contribution in [2.75, 3.05) is 12.1 Å². The molecule has 178 valence electrons. The predicted octanol–water partition coefficient (Wildman–Crippen LogP) is 7.09. The fraction of sp³-hybridized carbons (Fsp3) is 0.0690. The van der Waals surface area contributed by atoms with Gasteiger partial charge in [0.15, 0.2) is 0 Å². The zero-order chi connectivity index (χ0) is 24.9. The molecule has 7 heteroatoms. The number of carbonyl (C=O) groups excluding carboxylic acids is 1. The summed E-state index contributed by atoms with van der Waals surface area (Å²) in [4.78, 5) is 18.4. The van der Waals surface area contributed by atoms with E-state index in [4.69, 9.17) is 9.47 Å². The molecule has 0 aliphatic heterocycles. The number of benzene rings is 4. The summed E-state index contributed by atoms with van der Waals surface area (Å²) in [5.41, 5.74) is 3.21. The van der Waals surface area contributed by atoms with Gasteiger partial charge in [-0.2, -0.15) is 10.1 Å². The summed E-state index contributed by atoms with van der Waals surface area (Å²) < 4.78 is 12.2. The van der Waals surface area contributed by atoms with Gasteiger partial charge in [0, 0.05) is 5.56 Å². The molecule has 4 aromatic carbocycles. The third-order valence-electron chi connectivity index (χ3n) is 5.40. The molecule has 1 amide bonds. The van der Waals surface area contributed by atoms with Crippen LogP contribution in [0.4, 0.5) is 5.13 Å². The second-order valence-electron chi connectivity index (χ2n) is 8.05. The van der Waals surface area contributed by atoms with Gasteiger partial charge in [-0.15, -0.1) is 0 Å². The van der Waals surface area contributed by atoms with E-state index < -0.39 is 0 Å². The van der Waals surface area contributed by atoms with Gasteiger partial charge in [-0.1, -0.05) is 41.7 Å². The van der Waals surface area contributed by atoms with Crippen molar-refractivity contribution < 1.29 is 14.3 Å². The molecule has 36 heavy (non-hydrogen) atoms. The van der Waals surface area contributed by atoms with E-state index in [-0.39, 0.29) is 5.91 Å². The number of ether oxygens (including phenoxy) is 2. The molecule has 5 rings (SSSR count). The number of fused-ring (bicyclic) bond motifs is 1. The number of amides is 1. The van der Waals surface area contributed by atoms with Gasteiger partial charge in [0.05, 0.1) is 23.5 Å². The fourth-order valence-electron chi connectivity index (χ4n) is 3.55. The minimum atomic E-state index is -0.311. The lowest BCUT2D eigenvalue weighted by atomic mass is 10.2. The fourth-order valence-corrected chi connectivity index (χ4v) is 4.57. The highest BCUT2D eigenvalue weighted by molar-refractivity contribution is 7.22. The topological polar surface area (TPSA) is 64.0 Å². The summed E-state index contributed by atoms with van der Waals surface area (Å²) in [6, 6.07) is 30.0. The molecule has 0 fully saturated rings. The molecule has 1 aromatic heterocycles. The molecular weight excluding hydrogens is 470 g/mol. The lowest BCUT2D eigenvalue weighted by Crippen LogP contribution is -2.25. The number of methoxy groups -OCH3 is 1. The van der Waals surface area contributed by atoms with Gasteiger partial charge in [-0.25, -0.2) is 4.98 Å². The first-order chi connectivity index (χ1) is 17.6. The normalized spacial score (nSPS) is 11.1. The van der Waals surface area contributed by atoms with Gasteiger partial charge in [0.25, 0.3) is 5.91 Å². The molecule has 0 aliphatic rings. The third-order valence-corrected chi connectivity index (χ3v) is 6.40. The molecule has 5 aromatic rings. The number of hydrogen-bond donors (Lipinski definition) is 0. The van der Waals surface area contributed by atoms with Crippen molar-refractivity contribution in [2.45, 2.75) is 6.92 Å². The van der Waals surface area contributed by atoms with Gasteiger partial charge >= 0.3 is 0 Å². The molecule has 6 nitrogen and oxygen atoms in total. The van der Waals surface area contributed by atoms with E-state index in [0.717, 1.165) is 27.1 Å². The maximum absolute atomic E-state index is 13.7. The molecule has 0 bridgehead atoms. The van der Waals surface area contributed by atoms with Gasteiger partial charge in [-0.3, -0.25) is 4.79 Å². The van der Waals surface area contributed by atoms with Crippen molar-refractivity contribution in [3.8, 4) is 17.2 Å². The van der Waals surface area contributed by atoms with Crippen molar-refractivity contribution in [2.24, 2.45) is 5.10 Å². The van der Waals surface area contributed by atoms with E-state index in [9.17, 15) is 4.79 Å². The number of aromatic nitrogens is 1. The first-order valence-electron chi connectivity index (χ1n) is 11.3. The largest absolute Gasteiger partial charge is 0.497 e. The summed E-state index contributed by atoms with van der Waals surface area (Å²) in [7, 11) is 1.62. The highest BCUT2D eigenvalue weighted by Gasteiger charge is 2.21. The van der Waals surface area contributed by atoms with Crippen molar-refractivity contribution in [1.29, 1.82) is 0 Å². The lowest BCUT2D eigenvalue weighted by Gasteiger charge is -2.15. The van der Waals surface area contributed by atoms with Crippen LogP contribution in [0.3, 0.4) is 0 Å². The monoisotopic (exact) mass is 493 g/mol. The second kappa shape index (κ2) is 10.4. The van der Waals surface area contributed by atoms with Crippen LogP contribution in [0.5, 0.6) is 17.2 Å². The molecule has 0 saturated heterocycles. The van der Waals surface area contributed by atoms with Gasteiger partial charge in [-0.05, 0) is 84.8 Å². The van der Waals surface area contributed by atoms with Gasteiger partial charge in [0.1, 0.15) is 17.2 Å². The third kappa shape index (κ3) is 5.26. The summed E-state index contributed by atoms with van der Waals surface area (Å²) in [6.07, 6.45) is 1.64. The molecular formula is C29H23N3O3S. The number of thiazole rings is 1. The Hall–Kier alpha value is -4.49. The minimum absolute atomic E-state index is 0.311. The zero-order valence-electron chi connectivity index (χ0n) is 19.8. The Bertz CT molecular complexity index is 1530. The van der Waals surface area contributed by atoms with E-state index >= 15 is 0 Å². The number of hydrazone groups is 1. The van der Waals surface area contributed by atoms with Crippen LogP contribution in [-0.2, 0) is 0 Å². The number of anilines is 1. The summed E-state index contributed by atoms with van der Waals surface area (Å²) in [5.74, 6) is 1.69. The Morgan fingerprint density at radius 3 is 2.44 bits per heavy atom. The van der Waals surface area contributed by atoms with Gasteiger partial charge < -0.3 is 9.47 Å². The van der Waals surface area contributed by atoms with Crippen LogP contribution in [0, 0.1) is 6.92 Å². The maximum Gasteiger partial charge on any atom is 0.280 e. The highest BCUT2D eigenvalue weighted by Crippen LogP contribution is 2.31. The van der Waals surface area contributed by atoms with Crippen LogP contribution < -0.4 is 14.5 Å². The number of nitrogens with zero attached hydrogens (tertiary/aromatic N) is 3. The van der Waals surface area contributed by atoms with Crippen molar-refractivity contribution in [3.63, 3.8) is 0 Å². The number of rotatable bonds is 7. The molecule has 1 heterocycles.